The number of hydrogen-bond acceptors (Lipinski definition) is 6. The summed E-state index contributed by atoms with van der Waals surface area (Å²) in [7, 11) is -1.17. The molecule has 2 heterocycles. The van der Waals surface area contributed by atoms with Crippen molar-refractivity contribution >= 4 is 20.6 Å². The van der Waals surface area contributed by atoms with Gasteiger partial charge >= 0.3 is 0 Å². The Morgan fingerprint density at radius 1 is 1.13 bits per heavy atom. The number of fused-ring (bicyclic) bond motifs is 1. The van der Waals surface area contributed by atoms with Gasteiger partial charge in [-0.3, -0.25) is 4.98 Å². The average molecular weight is 329 g/mol. The van der Waals surface area contributed by atoms with Gasteiger partial charge in [0.15, 0.2) is 0 Å². The van der Waals surface area contributed by atoms with Crippen molar-refractivity contribution in [2.24, 2.45) is 0 Å². The van der Waals surface area contributed by atoms with E-state index in [1.54, 1.807) is 31.5 Å². The number of rotatable bonds is 4. The van der Waals surface area contributed by atoms with Crippen molar-refractivity contribution in [2.75, 3.05) is 13.4 Å². The molecule has 0 bridgehead atoms. The molecule has 0 saturated carbocycles. The molecule has 0 aliphatic rings. The molecule has 1 unspecified atom stereocenters. The van der Waals surface area contributed by atoms with Gasteiger partial charge in [0.25, 0.3) is 0 Å². The maximum Gasteiger partial charge on any atom is 0.219 e. The molecule has 0 aliphatic heterocycles. The van der Waals surface area contributed by atoms with Gasteiger partial charge in [-0.25, -0.2) is 14.0 Å². The predicted molar refractivity (Wildman–Crippen MR) is 87.7 cm³/mol. The Bertz CT molecular complexity index is 954. The summed E-state index contributed by atoms with van der Waals surface area (Å²) in [6.45, 7) is 0. The van der Waals surface area contributed by atoms with Crippen LogP contribution in [-0.4, -0.2) is 27.5 Å². The maximum absolute atomic E-state index is 11.7. The number of nitrogens with zero attached hydrogens (tertiary/aromatic N) is 2. The third-order valence-corrected chi connectivity index (χ3v) is 4.42. The van der Waals surface area contributed by atoms with Gasteiger partial charge in [-0.2, -0.15) is 0 Å². The van der Waals surface area contributed by atoms with E-state index in [-0.39, 0.29) is 0 Å². The summed E-state index contributed by atoms with van der Waals surface area (Å²) in [4.78, 5) is 8.78. The number of methoxy groups -OCH3 is 1. The first-order valence-corrected chi connectivity index (χ1v) is 8.74. The number of aromatic nitrogens is 2. The highest BCUT2D eigenvalue weighted by Crippen LogP contribution is 2.30. The highest BCUT2D eigenvalue weighted by atomic mass is 32.2. The van der Waals surface area contributed by atoms with Crippen LogP contribution in [0.1, 0.15) is 0 Å². The summed E-state index contributed by atoms with van der Waals surface area (Å²) in [5.74, 6) is 1.69. The van der Waals surface area contributed by atoms with Crippen LogP contribution in [0.15, 0.2) is 53.7 Å². The molecular formula is C16H15N3O3S. The zero-order chi connectivity index (χ0) is 16.4. The Kier molecular flexibility index (Phi) is 3.87. The molecular weight excluding hydrogens is 314 g/mol. The van der Waals surface area contributed by atoms with Crippen molar-refractivity contribution in [3.05, 3.63) is 48.8 Å². The van der Waals surface area contributed by atoms with Gasteiger partial charge in [0.05, 0.1) is 27.3 Å². The topological polar surface area (TPSA) is 85.2 Å². The van der Waals surface area contributed by atoms with Crippen LogP contribution in [0.4, 0.5) is 0 Å². The smallest absolute Gasteiger partial charge is 0.219 e. The van der Waals surface area contributed by atoms with E-state index in [4.69, 9.17) is 14.3 Å². The summed E-state index contributed by atoms with van der Waals surface area (Å²) in [5, 5.41) is 0.832. The molecule has 0 spiro atoms. The lowest BCUT2D eigenvalue weighted by Gasteiger charge is -2.09. The molecule has 0 radical (unpaired) electrons. The van der Waals surface area contributed by atoms with Crippen molar-refractivity contribution < 1.29 is 13.7 Å². The minimum atomic E-state index is -2.78. The van der Waals surface area contributed by atoms with Gasteiger partial charge in [0.1, 0.15) is 11.5 Å². The fourth-order valence-electron chi connectivity index (χ4n) is 2.09. The van der Waals surface area contributed by atoms with E-state index in [1.807, 2.05) is 18.2 Å². The quantitative estimate of drug-likeness (QED) is 0.792. The van der Waals surface area contributed by atoms with Crippen LogP contribution < -0.4 is 9.47 Å². The first-order chi connectivity index (χ1) is 11.0. The monoisotopic (exact) mass is 329 g/mol. The first kappa shape index (κ1) is 15.2. The summed E-state index contributed by atoms with van der Waals surface area (Å²) in [6.07, 6.45) is 4.40. The predicted octanol–water partition coefficient (Wildman–Crippen LogP) is 3.47. The molecule has 3 rings (SSSR count). The number of benzene rings is 1. The molecule has 3 aromatic rings. The van der Waals surface area contributed by atoms with Crippen LogP contribution in [0.25, 0.3) is 10.9 Å². The second-order valence-electron chi connectivity index (χ2n) is 4.97. The van der Waals surface area contributed by atoms with Gasteiger partial charge in [0, 0.05) is 36.2 Å². The van der Waals surface area contributed by atoms with Crippen LogP contribution in [0.2, 0.25) is 0 Å². The van der Waals surface area contributed by atoms with Gasteiger partial charge in [0.2, 0.25) is 5.88 Å². The number of ether oxygens (including phenoxy) is 2. The zero-order valence-electron chi connectivity index (χ0n) is 12.6. The molecule has 0 fully saturated rings. The zero-order valence-corrected chi connectivity index (χ0v) is 13.5. The second kappa shape index (κ2) is 5.85. The van der Waals surface area contributed by atoms with Gasteiger partial charge in [-0.05, 0) is 24.3 Å². The molecule has 0 amide bonds. The van der Waals surface area contributed by atoms with Crippen LogP contribution in [0.5, 0.6) is 17.4 Å². The number of pyridine rings is 2. The van der Waals surface area contributed by atoms with Crippen molar-refractivity contribution in [1.29, 1.82) is 4.78 Å². The third-order valence-electron chi connectivity index (χ3n) is 3.28. The number of nitrogens with one attached hydrogen (secondary N) is 1. The second-order valence-corrected chi connectivity index (χ2v) is 7.13. The van der Waals surface area contributed by atoms with Crippen molar-refractivity contribution in [2.45, 2.75) is 4.90 Å². The largest absolute Gasteiger partial charge is 0.497 e. The fraction of sp³-hybridized carbons (Fsp3) is 0.125. The van der Waals surface area contributed by atoms with Crippen molar-refractivity contribution in [1.82, 2.24) is 9.97 Å². The fourth-order valence-corrected chi connectivity index (χ4v) is 2.67. The van der Waals surface area contributed by atoms with Crippen LogP contribution in [0.3, 0.4) is 0 Å². The average Bonchev–Trinajstić information content (AvgIpc) is 2.54. The molecule has 118 valence electrons. The molecule has 23 heavy (non-hydrogen) atoms. The third kappa shape index (κ3) is 3.24. The summed E-state index contributed by atoms with van der Waals surface area (Å²) >= 11 is 0. The highest BCUT2D eigenvalue weighted by Gasteiger charge is 2.08. The normalized spacial score (nSPS) is 13.5. The van der Waals surface area contributed by atoms with Crippen molar-refractivity contribution in [3.63, 3.8) is 0 Å². The Balaban J connectivity index is 1.95. The van der Waals surface area contributed by atoms with E-state index < -0.39 is 9.73 Å². The first-order valence-electron chi connectivity index (χ1n) is 6.78. The van der Waals surface area contributed by atoms with E-state index >= 15 is 0 Å². The van der Waals surface area contributed by atoms with Gasteiger partial charge < -0.3 is 9.47 Å². The lowest BCUT2D eigenvalue weighted by Crippen LogP contribution is -1.96. The molecule has 0 aliphatic carbocycles. The lowest BCUT2D eigenvalue weighted by atomic mass is 10.2. The molecule has 2 aromatic heterocycles. The molecule has 0 saturated heterocycles. The van der Waals surface area contributed by atoms with E-state index in [0.29, 0.717) is 16.5 Å². The van der Waals surface area contributed by atoms with E-state index in [2.05, 4.69) is 9.97 Å². The van der Waals surface area contributed by atoms with Crippen LogP contribution in [0, 0.1) is 4.78 Å². The summed E-state index contributed by atoms with van der Waals surface area (Å²) < 4.78 is 30.2. The highest BCUT2D eigenvalue weighted by molar-refractivity contribution is 7.91. The standard InChI is InChI=1S/C16H15N3O3S/c1-21-11-3-5-13-14(9-11)18-8-7-15(13)22-16-6-4-12(10-19-16)23(2,17)20/h3-10,17H,1-2H3. The molecule has 1 aromatic carbocycles. The summed E-state index contributed by atoms with van der Waals surface area (Å²) in [6, 6.07) is 10.5. The van der Waals surface area contributed by atoms with Crippen LogP contribution in [-0.2, 0) is 9.73 Å². The molecule has 1 N–H and O–H groups in total. The molecule has 6 nitrogen and oxygen atoms in total. The van der Waals surface area contributed by atoms with E-state index in [1.165, 1.54) is 12.5 Å². The Morgan fingerprint density at radius 3 is 2.61 bits per heavy atom. The maximum atomic E-state index is 11.7. The SMILES string of the molecule is COc1ccc2c(Oc3ccc(S(C)(=N)=O)cn3)ccnc2c1. The van der Waals surface area contributed by atoms with Crippen molar-refractivity contribution in [3.8, 4) is 17.4 Å². The Morgan fingerprint density at radius 2 is 1.96 bits per heavy atom. The minimum Gasteiger partial charge on any atom is -0.497 e. The molecule has 7 heteroatoms. The van der Waals surface area contributed by atoms with Gasteiger partial charge in [-0.1, -0.05) is 0 Å². The lowest BCUT2D eigenvalue weighted by molar-refractivity contribution is 0.415. The minimum absolute atomic E-state index is 0.362. The Labute approximate surface area is 134 Å². The van der Waals surface area contributed by atoms with Gasteiger partial charge in [-0.15, -0.1) is 0 Å². The number of hydrogen-bond donors (Lipinski definition) is 1. The van der Waals surface area contributed by atoms with Crippen LogP contribution >= 0.6 is 0 Å². The van der Waals surface area contributed by atoms with E-state index in [0.717, 1.165) is 16.7 Å². The Hall–Kier alpha value is -2.67. The van der Waals surface area contributed by atoms with E-state index in [9.17, 15) is 4.21 Å². The molecule has 1 atom stereocenters. The summed E-state index contributed by atoms with van der Waals surface area (Å²) in [5.41, 5.74) is 0.751.